The minimum absolute atomic E-state index is 0.148. The Morgan fingerprint density at radius 3 is 1.85 bits per heavy atom. The molecule has 0 aliphatic carbocycles. The monoisotopic (exact) mass is 305 g/mol. The molecule has 7 heteroatoms. The van der Waals surface area contributed by atoms with Crippen LogP contribution in [0.2, 0.25) is 0 Å². The van der Waals surface area contributed by atoms with Crippen molar-refractivity contribution >= 4 is 8.80 Å². The van der Waals surface area contributed by atoms with Gasteiger partial charge < -0.3 is 29.2 Å². The Kier molecular flexibility index (Phi) is 9.62. The molecular formula is C13H31N3O3Si. The van der Waals surface area contributed by atoms with Crippen molar-refractivity contribution in [1.29, 1.82) is 0 Å². The molecule has 0 aromatic carbocycles. The summed E-state index contributed by atoms with van der Waals surface area (Å²) in [7, 11) is -2.67. The third-order valence-electron chi connectivity index (χ3n) is 3.24. The maximum Gasteiger partial charge on any atom is 0.518 e. The van der Waals surface area contributed by atoms with E-state index in [4.69, 9.17) is 13.3 Å². The Balaban J connectivity index is 2.75. The largest absolute Gasteiger partial charge is 0.518 e. The summed E-state index contributed by atoms with van der Waals surface area (Å²) in [4.78, 5) is 0. The van der Waals surface area contributed by atoms with Gasteiger partial charge in [-0.05, 0) is 33.7 Å². The van der Waals surface area contributed by atoms with Crippen molar-refractivity contribution in [2.45, 2.75) is 32.9 Å². The van der Waals surface area contributed by atoms with Gasteiger partial charge in [0.2, 0.25) is 0 Å². The molecule has 6 nitrogen and oxygen atoms in total. The van der Waals surface area contributed by atoms with Crippen LogP contribution in [0.5, 0.6) is 0 Å². The van der Waals surface area contributed by atoms with Crippen LogP contribution >= 0.6 is 0 Å². The first-order valence-electron chi connectivity index (χ1n) is 7.85. The van der Waals surface area contributed by atoms with E-state index < -0.39 is 8.80 Å². The van der Waals surface area contributed by atoms with Gasteiger partial charge in [0.1, 0.15) is 0 Å². The molecule has 0 spiro atoms. The Morgan fingerprint density at radius 1 is 0.800 bits per heavy atom. The minimum Gasteiger partial charge on any atom is -0.373 e. The lowest BCUT2D eigenvalue weighted by Crippen LogP contribution is -2.63. The summed E-state index contributed by atoms with van der Waals surface area (Å²) in [5.41, 5.74) is 0.148. The van der Waals surface area contributed by atoms with Crippen LogP contribution in [0.3, 0.4) is 0 Å². The molecule has 1 atom stereocenters. The van der Waals surface area contributed by atoms with Gasteiger partial charge in [0.25, 0.3) is 0 Å². The quantitative estimate of drug-likeness (QED) is 0.581. The van der Waals surface area contributed by atoms with E-state index in [-0.39, 0.29) is 5.67 Å². The smallest absolute Gasteiger partial charge is 0.373 e. The number of hydrogen-bond donors (Lipinski definition) is 3. The molecule has 1 fully saturated rings. The van der Waals surface area contributed by atoms with E-state index in [1.807, 2.05) is 20.8 Å². The lowest BCUT2D eigenvalue weighted by atomic mass is 10.4. The zero-order valence-corrected chi connectivity index (χ0v) is 14.2. The Bertz CT molecular complexity index is 220. The first kappa shape index (κ1) is 18.0. The van der Waals surface area contributed by atoms with E-state index in [0.29, 0.717) is 19.8 Å². The predicted octanol–water partition coefficient (Wildman–Crippen LogP) is 0.115. The molecule has 1 rings (SSSR count). The van der Waals surface area contributed by atoms with E-state index in [1.165, 1.54) is 0 Å². The van der Waals surface area contributed by atoms with E-state index in [1.54, 1.807) is 0 Å². The average molecular weight is 305 g/mol. The summed E-state index contributed by atoms with van der Waals surface area (Å²) in [6.45, 7) is 12.7. The Morgan fingerprint density at radius 2 is 1.30 bits per heavy atom. The highest BCUT2D eigenvalue weighted by Gasteiger charge is 2.48. The van der Waals surface area contributed by atoms with Crippen molar-refractivity contribution in [3.63, 3.8) is 0 Å². The second kappa shape index (κ2) is 10.7. The van der Waals surface area contributed by atoms with Crippen LogP contribution in [-0.2, 0) is 13.3 Å². The van der Waals surface area contributed by atoms with Crippen molar-refractivity contribution in [3.8, 4) is 0 Å². The lowest BCUT2D eigenvalue weighted by Gasteiger charge is -2.36. The second-order valence-corrected chi connectivity index (χ2v) is 7.47. The highest BCUT2D eigenvalue weighted by atomic mass is 28.4. The van der Waals surface area contributed by atoms with Gasteiger partial charge in [-0.25, -0.2) is 0 Å². The SMILES string of the molecule is CCO[Si](OCC)(OCC)C1CCNCCNCCN1. The number of nitrogens with one attached hydrogen (secondary N) is 3. The molecule has 20 heavy (non-hydrogen) atoms. The first-order valence-corrected chi connectivity index (χ1v) is 9.66. The third kappa shape index (κ3) is 5.77. The summed E-state index contributed by atoms with van der Waals surface area (Å²) in [5, 5.41) is 10.4. The van der Waals surface area contributed by atoms with E-state index in [9.17, 15) is 0 Å². The summed E-state index contributed by atoms with van der Waals surface area (Å²) < 4.78 is 18.0. The zero-order chi connectivity index (χ0) is 14.7. The van der Waals surface area contributed by atoms with Crippen molar-refractivity contribution in [1.82, 2.24) is 16.0 Å². The molecule has 0 saturated carbocycles. The molecule has 1 aliphatic rings. The van der Waals surface area contributed by atoms with Crippen molar-refractivity contribution < 1.29 is 13.3 Å². The van der Waals surface area contributed by atoms with Crippen LogP contribution in [0.1, 0.15) is 27.2 Å². The van der Waals surface area contributed by atoms with Gasteiger partial charge in [0, 0.05) is 46.0 Å². The van der Waals surface area contributed by atoms with Gasteiger partial charge in [-0.3, -0.25) is 0 Å². The van der Waals surface area contributed by atoms with Gasteiger partial charge in [0.05, 0.1) is 5.67 Å². The van der Waals surface area contributed by atoms with E-state index >= 15 is 0 Å². The Labute approximate surface area is 124 Å². The minimum atomic E-state index is -2.67. The average Bonchev–Trinajstić information content (AvgIpc) is 2.45. The highest BCUT2D eigenvalue weighted by molar-refractivity contribution is 6.62. The summed E-state index contributed by atoms with van der Waals surface area (Å²) in [5.74, 6) is 0. The highest BCUT2D eigenvalue weighted by Crippen LogP contribution is 2.18. The van der Waals surface area contributed by atoms with Crippen LogP contribution in [0, 0.1) is 0 Å². The standard InChI is InChI=1S/C13H31N3O3Si/c1-4-17-20(18-5-2,19-6-3)13-7-8-14-9-10-15-11-12-16-13/h13-16H,4-12H2,1-3H3. The summed E-state index contributed by atoms with van der Waals surface area (Å²) in [6, 6.07) is 0. The summed E-state index contributed by atoms with van der Waals surface area (Å²) in [6.07, 6.45) is 0.965. The maximum atomic E-state index is 6.00. The van der Waals surface area contributed by atoms with Gasteiger partial charge in [-0.1, -0.05) is 0 Å². The van der Waals surface area contributed by atoms with Crippen LogP contribution in [0.15, 0.2) is 0 Å². The molecule has 0 amide bonds. The van der Waals surface area contributed by atoms with Crippen molar-refractivity contribution in [2.75, 3.05) is 52.5 Å². The fourth-order valence-corrected chi connectivity index (χ4v) is 5.40. The molecule has 0 radical (unpaired) electrons. The zero-order valence-electron chi connectivity index (χ0n) is 13.2. The third-order valence-corrected chi connectivity index (χ3v) is 6.66. The fourth-order valence-electron chi connectivity index (χ4n) is 2.44. The molecule has 1 saturated heterocycles. The number of rotatable bonds is 7. The summed E-state index contributed by atoms with van der Waals surface area (Å²) >= 11 is 0. The molecule has 0 aromatic rings. The maximum absolute atomic E-state index is 6.00. The van der Waals surface area contributed by atoms with Crippen molar-refractivity contribution in [3.05, 3.63) is 0 Å². The molecular weight excluding hydrogens is 274 g/mol. The molecule has 0 aromatic heterocycles. The van der Waals surface area contributed by atoms with E-state index in [0.717, 1.165) is 39.1 Å². The predicted molar refractivity (Wildman–Crippen MR) is 82.8 cm³/mol. The van der Waals surface area contributed by atoms with Gasteiger partial charge in [0.15, 0.2) is 0 Å². The molecule has 1 heterocycles. The van der Waals surface area contributed by atoms with Gasteiger partial charge in [-0.15, -0.1) is 0 Å². The van der Waals surface area contributed by atoms with Crippen molar-refractivity contribution in [2.24, 2.45) is 0 Å². The molecule has 120 valence electrons. The topological polar surface area (TPSA) is 63.8 Å². The molecule has 1 aliphatic heterocycles. The van der Waals surface area contributed by atoms with Crippen LogP contribution < -0.4 is 16.0 Å². The second-order valence-electron chi connectivity index (χ2n) is 4.70. The van der Waals surface area contributed by atoms with E-state index in [2.05, 4.69) is 16.0 Å². The molecule has 0 bridgehead atoms. The normalized spacial score (nSPS) is 22.6. The fraction of sp³-hybridized carbons (Fsp3) is 1.00. The Hall–Kier alpha value is -0.0231. The lowest BCUT2D eigenvalue weighted by molar-refractivity contribution is 0.0567. The number of hydrogen-bond acceptors (Lipinski definition) is 6. The van der Waals surface area contributed by atoms with Crippen LogP contribution in [0.25, 0.3) is 0 Å². The molecule has 1 unspecified atom stereocenters. The van der Waals surface area contributed by atoms with Crippen LogP contribution in [-0.4, -0.2) is 67.0 Å². The van der Waals surface area contributed by atoms with Gasteiger partial charge in [-0.2, -0.15) is 0 Å². The van der Waals surface area contributed by atoms with Gasteiger partial charge >= 0.3 is 8.80 Å². The first-order chi connectivity index (χ1) is 9.79. The van der Waals surface area contributed by atoms with Crippen LogP contribution in [0.4, 0.5) is 0 Å². The molecule has 3 N–H and O–H groups in total.